The summed E-state index contributed by atoms with van der Waals surface area (Å²) in [5.41, 5.74) is 1.12. The number of ether oxygens (including phenoxy) is 1. The largest absolute Gasteiger partial charge is 0.489 e. The van der Waals surface area contributed by atoms with Crippen LogP contribution in [0.4, 0.5) is 0 Å². The van der Waals surface area contributed by atoms with E-state index in [0.717, 1.165) is 43.8 Å². The van der Waals surface area contributed by atoms with Crippen molar-refractivity contribution in [1.82, 2.24) is 15.5 Å². The van der Waals surface area contributed by atoms with Crippen molar-refractivity contribution >= 4 is 11.9 Å². The van der Waals surface area contributed by atoms with Gasteiger partial charge in [-0.3, -0.25) is 4.79 Å². The van der Waals surface area contributed by atoms with Crippen LogP contribution in [-0.2, 0) is 4.79 Å². The molecule has 0 bridgehead atoms. The van der Waals surface area contributed by atoms with Gasteiger partial charge in [0.1, 0.15) is 18.4 Å². The Balaban J connectivity index is 1.82. The molecule has 1 aromatic rings. The monoisotopic (exact) mass is 346 g/mol. The Kier molecular flexibility index (Phi) is 7.57. The lowest BCUT2D eigenvalue weighted by Gasteiger charge is -2.19. The van der Waals surface area contributed by atoms with Gasteiger partial charge in [0.25, 0.3) is 0 Å². The first-order chi connectivity index (χ1) is 12.1. The van der Waals surface area contributed by atoms with Crippen LogP contribution in [0.2, 0.25) is 0 Å². The van der Waals surface area contributed by atoms with Crippen LogP contribution >= 0.6 is 0 Å². The summed E-state index contributed by atoms with van der Waals surface area (Å²) in [6.07, 6.45) is 2.18. The Hall–Kier alpha value is -2.24. The molecule has 25 heavy (non-hydrogen) atoms. The summed E-state index contributed by atoms with van der Waals surface area (Å²) in [6.45, 7) is 9.31. The third-order valence-electron chi connectivity index (χ3n) is 4.15. The van der Waals surface area contributed by atoms with Crippen molar-refractivity contribution in [3.8, 4) is 5.75 Å². The SMILES string of the molecule is CCNC(=NCC(=O)N1CCCC1)NCC(C)Oc1ccccc1C. The van der Waals surface area contributed by atoms with Gasteiger partial charge in [0.2, 0.25) is 5.91 Å². The molecule has 1 heterocycles. The Morgan fingerprint density at radius 1 is 1.28 bits per heavy atom. The molecule has 138 valence electrons. The van der Waals surface area contributed by atoms with Crippen LogP contribution < -0.4 is 15.4 Å². The zero-order valence-corrected chi connectivity index (χ0v) is 15.5. The number of nitrogens with zero attached hydrogens (tertiary/aromatic N) is 2. The molecule has 1 aliphatic rings. The van der Waals surface area contributed by atoms with Crippen LogP contribution in [-0.4, -0.2) is 55.6 Å². The molecule has 1 aromatic carbocycles. The van der Waals surface area contributed by atoms with Gasteiger partial charge in [0.15, 0.2) is 5.96 Å². The van der Waals surface area contributed by atoms with Crippen molar-refractivity contribution in [3.63, 3.8) is 0 Å². The highest BCUT2D eigenvalue weighted by Crippen LogP contribution is 2.17. The molecule has 1 atom stereocenters. The van der Waals surface area contributed by atoms with Gasteiger partial charge in [0.05, 0.1) is 6.54 Å². The Labute approximate surface area is 150 Å². The fraction of sp³-hybridized carbons (Fsp3) is 0.579. The van der Waals surface area contributed by atoms with Crippen LogP contribution in [0.1, 0.15) is 32.3 Å². The molecule has 1 aliphatic heterocycles. The van der Waals surface area contributed by atoms with E-state index in [1.54, 1.807) is 0 Å². The third-order valence-corrected chi connectivity index (χ3v) is 4.15. The zero-order chi connectivity index (χ0) is 18.1. The predicted molar refractivity (Wildman–Crippen MR) is 101 cm³/mol. The minimum Gasteiger partial charge on any atom is -0.489 e. The number of benzene rings is 1. The summed E-state index contributed by atoms with van der Waals surface area (Å²) >= 11 is 0. The lowest BCUT2D eigenvalue weighted by molar-refractivity contribution is -0.128. The van der Waals surface area contributed by atoms with Gasteiger partial charge >= 0.3 is 0 Å². The number of aliphatic imine (C=N–C) groups is 1. The molecule has 1 saturated heterocycles. The molecule has 1 fully saturated rings. The minimum atomic E-state index is -0.0146. The predicted octanol–water partition coefficient (Wildman–Crippen LogP) is 1.94. The van der Waals surface area contributed by atoms with E-state index < -0.39 is 0 Å². The first kappa shape index (κ1) is 19.1. The van der Waals surface area contributed by atoms with Gasteiger partial charge in [0, 0.05) is 19.6 Å². The average molecular weight is 346 g/mol. The van der Waals surface area contributed by atoms with Gasteiger partial charge in [-0.2, -0.15) is 0 Å². The fourth-order valence-electron chi connectivity index (χ4n) is 2.74. The molecule has 0 radical (unpaired) electrons. The molecule has 0 saturated carbocycles. The molecule has 2 N–H and O–H groups in total. The maximum absolute atomic E-state index is 12.1. The number of aryl methyl sites for hydroxylation is 1. The molecule has 6 nitrogen and oxygen atoms in total. The number of carbonyl (C=O) groups excluding carboxylic acids is 1. The second-order valence-electron chi connectivity index (χ2n) is 6.36. The van der Waals surface area contributed by atoms with E-state index in [0.29, 0.717) is 12.5 Å². The molecule has 6 heteroatoms. The van der Waals surface area contributed by atoms with E-state index >= 15 is 0 Å². The van der Waals surface area contributed by atoms with Crippen LogP contribution in [0.3, 0.4) is 0 Å². The summed E-state index contributed by atoms with van der Waals surface area (Å²) < 4.78 is 5.96. The number of hydrogen-bond acceptors (Lipinski definition) is 3. The van der Waals surface area contributed by atoms with Crippen molar-refractivity contribution in [3.05, 3.63) is 29.8 Å². The van der Waals surface area contributed by atoms with E-state index in [1.165, 1.54) is 0 Å². The maximum atomic E-state index is 12.1. The number of nitrogens with one attached hydrogen (secondary N) is 2. The van der Waals surface area contributed by atoms with Crippen LogP contribution in [0.25, 0.3) is 0 Å². The molecule has 0 aromatic heterocycles. The van der Waals surface area contributed by atoms with Crippen molar-refractivity contribution in [2.24, 2.45) is 4.99 Å². The summed E-state index contributed by atoms with van der Waals surface area (Å²) in [6, 6.07) is 7.97. The highest BCUT2D eigenvalue weighted by atomic mass is 16.5. The lowest BCUT2D eigenvalue weighted by atomic mass is 10.2. The van der Waals surface area contributed by atoms with E-state index in [1.807, 2.05) is 49.9 Å². The first-order valence-corrected chi connectivity index (χ1v) is 9.12. The maximum Gasteiger partial charge on any atom is 0.244 e. The summed E-state index contributed by atoms with van der Waals surface area (Å²) in [5.74, 6) is 1.64. The lowest BCUT2D eigenvalue weighted by Crippen LogP contribution is -2.42. The van der Waals surface area contributed by atoms with E-state index in [9.17, 15) is 4.79 Å². The molecule has 1 unspecified atom stereocenters. The highest BCUT2D eigenvalue weighted by molar-refractivity contribution is 5.85. The van der Waals surface area contributed by atoms with Gasteiger partial charge in [-0.05, 0) is 45.2 Å². The molecule has 1 amide bonds. The number of rotatable bonds is 7. The van der Waals surface area contributed by atoms with Crippen LogP contribution in [0.5, 0.6) is 5.75 Å². The highest BCUT2D eigenvalue weighted by Gasteiger charge is 2.17. The zero-order valence-electron chi connectivity index (χ0n) is 15.5. The fourth-order valence-corrected chi connectivity index (χ4v) is 2.74. The van der Waals surface area contributed by atoms with Gasteiger partial charge < -0.3 is 20.3 Å². The number of likely N-dealkylation sites (tertiary alicyclic amines) is 1. The molecule has 0 spiro atoms. The average Bonchev–Trinajstić information content (AvgIpc) is 3.14. The van der Waals surface area contributed by atoms with Crippen molar-refractivity contribution in [2.45, 2.75) is 39.7 Å². The van der Waals surface area contributed by atoms with Crippen LogP contribution in [0, 0.1) is 6.92 Å². The number of hydrogen-bond donors (Lipinski definition) is 2. The van der Waals surface area contributed by atoms with E-state index in [2.05, 4.69) is 15.6 Å². The van der Waals surface area contributed by atoms with Gasteiger partial charge in [-0.1, -0.05) is 18.2 Å². The minimum absolute atomic E-state index is 0.0146. The number of guanidine groups is 1. The van der Waals surface area contributed by atoms with E-state index in [4.69, 9.17) is 4.74 Å². The quantitative estimate of drug-likeness (QED) is 0.585. The first-order valence-electron chi connectivity index (χ1n) is 9.12. The number of amides is 1. The standard InChI is InChI=1S/C19H30N4O2/c1-4-20-19(22-14-18(24)23-11-7-8-12-23)21-13-16(3)25-17-10-6-5-9-15(17)2/h5-6,9-10,16H,4,7-8,11-14H2,1-3H3,(H2,20,21,22). The van der Waals surface area contributed by atoms with E-state index in [-0.39, 0.29) is 18.6 Å². The third kappa shape index (κ3) is 6.29. The van der Waals surface area contributed by atoms with Gasteiger partial charge in [-0.25, -0.2) is 4.99 Å². The topological polar surface area (TPSA) is 66.0 Å². The van der Waals surface area contributed by atoms with Crippen molar-refractivity contribution in [2.75, 3.05) is 32.7 Å². The smallest absolute Gasteiger partial charge is 0.244 e. The Bertz CT molecular complexity index is 583. The second-order valence-corrected chi connectivity index (χ2v) is 6.36. The van der Waals surface area contributed by atoms with Crippen LogP contribution in [0.15, 0.2) is 29.3 Å². The number of carbonyl (C=O) groups is 1. The normalized spacial score (nSPS) is 15.8. The second kappa shape index (κ2) is 9.91. The van der Waals surface area contributed by atoms with Crippen molar-refractivity contribution in [1.29, 1.82) is 0 Å². The summed E-state index contributed by atoms with van der Waals surface area (Å²) in [5, 5.41) is 6.42. The van der Waals surface area contributed by atoms with Gasteiger partial charge in [-0.15, -0.1) is 0 Å². The molecule has 2 rings (SSSR count). The Morgan fingerprint density at radius 3 is 2.68 bits per heavy atom. The molecule has 0 aliphatic carbocycles. The summed E-state index contributed by atoms with van der Waals surface area (Å²) in [4.78, 5) is 18.4. The molecular weight excluding hydrogens is 316 g/mol. The summed E-state index contributed by atoms with van der Waals surface area (Å²) in [7, 11) is 0. The van der Waals surface area contributed by atoms with Crippen molar-refractivity contribution < 1.29 is 9.53 Å². The molecular formula is C19H30N4O2. The number of para-hydroxylation sites is 1. The Morgan fingerprint density at radius 2 is 2.00 bits per heavy atom.